The van der Waals surface area contributed by atoms with Crippen molar-refractivity contribution in [1.29, 1.82) is 0 Å². The van der Waals surface area contributed by atoms with Crippen LogP contribution in [0.15, 0.2) is 24.3 Å². The van der Waals surface area contributed by atoms with Crippen LogP contribution >= 0.6 is 45.3 Å². The molecular formula is C14H21Br2N3S. The third kappa shape index (κ3) is 4.16. The van der Waals surface area contributed by atoms with Crippen LogP contribution < -0.4 is 10.2 Å². The summed E-state index contributed by atoms with van der Waals surface area (Å²) < 4.78 is 1.28. The number of benzene rings is 1. The molecule has 3 rings (SSSR count). The largest absolute Gasteiger partial charge is 0.351 e. The second-order valence-electron chi connectivity index (χ2n) is 5.04. The molecule has 3 nitrogen and oxygen atoms in total. The minimum absolute atomic E-state index is 0. The van der Waals surface area contributed by atoms with Crippen molar-refractivity contribution in [2.75, 3.05) is 31.6 Å². The van der Waals surface area contributed by atoms with Crippen LogP contribution in [0.4, 0.5) is 5.13 Å². The lowest BCUT2D eigenvalue weighted by molar-refractivity contribution is 0.378. The third-order valence-corrected chi connectivity index (χ3v) is 4.75. The van der Waals surface area contributed by atoms with E-state index in [0.29, 0.717) is 0 Å². The molecule has 6 heteroatoms. The maximum Gasteiger partial charge on any atom is 0.186 e. The average Bonchev–Trinajstić information content (AvgIpc) is 2.84. The van der Waals surface area contributed by atoms with Gasteiger partial charge >= 0.3 is 0 Å². The van der Waals surface area contributed by atoms with E-state index in [1.54, 1.807) is 11.3 Å². The van der Waals surface area contributed by atoms with Crippen molar-refractivity contribution in [3.63, 3.8) is 0 Å². The lowest BCUT2D eigenvalue weighted by atomic mass is 9.98. The van der Waals surface area contributed by atoms with E-state index in [9.17, 15) is 0 Å². The number of hydrogen-bond donors (Lipinski definition) is 1. The van der Waals surface area contributed by atoms with Crippen LogP contribution in [0.3, 0.4) is 0 Å². The molecule has 2 aromatic rings. The Hall–Kier alpha value is -0.170. The predicted octanol–water partition coefficient (Wildman–Crippen LogP) is 3.89. The number of anilines is 1. The molecule has 20 heavy (non-hydrogen) atoms. The van der Waals surface area contributed by atoms with Gasteiger partial charge in [0.1, 0.15) is 0 Å². The average molecular weight is 423 g/mol. The van der Waals surface area contributed by atoms with Crippen LogP contribution in [0.25, 0.3) is 10.2 Å². The van der Waals surface area contributed by atoms with Gasteiger partial charge in [-0.3, -0.25) is 0 Å². The van der Waals surface area contributed by atoms with Gasteiger partial charge in [0.05, 0.1) is 10.2 Å². The summed E-state index contributed by atoms with van der Waals surface area (Å²) in [5.41, 5.74) is 1.12. The highest BCUT2D eigenvalue weighted by Gasteiger charge is 2.17. The lowest BCUT2D eigenvalue weighted by Crippen LogP contribution is -2.34. The molecule has 0 radical (unpaired) electrons. The summed E-state index contributed by atoms with van der Waals surface area (Å²) in [5, 5.41) is 4.57. The first kappa shape index (κ1) is 17.9. The number of nitrogens with one attached hydrogen (secondary N) is 1. The topological polar surface area (TPSA) is 28.2 Å². The molecule has 1 aliphatic heterocycles. The fourth-order valence-electron chi connectivity index (χ4n) is 2.55. The van der Waals surface area contributed by atoms with Gasteiger partial charge in [0.2, 0.25) is 0 Å². The first-order chi connectivity index (χ1) is 8.83. The number of fused-ring (bicyclic) bond motifs is 1. The zero-order valence-electron chi connectivity index (χ0n) is 11.5. The Morgan fingerprint density at radius 3 is 2.65 bits per heavy atom. The van der Waals surface area contributed by atoms with E-state index < -0.39 is 0 Å². The summed E-state index contributed by atoms with van der Waals surface area (Å²) in [6.45, 7) is 3.46. The van der Waals surface area contributed by atoms with Crippen molar-refractivity contribution in [3.05, 3.63) is 24.3 Å². The molecule has 0 aliphatic carbocycles. The monoisotopic (exact) mass is 421 g/mol. The summed E-state index contributed by atoms with van der Waals surface area (Å²) in [4.78, 5) is 7.03. The smallest absolute Gasteiger partial charge is 0.186 e. The molecule has 112 valence electrons. The van der Waals surface area contributed by atoms with Crippen LogP contribution in [0.1, 0.15) is 12.8 Å². The van der Waals surface area contributed by atoms with E-state index in [2.05, 4.69) is 41.5 Å². The summed E-state index contributed by atoms with van der Waals surface area (Å²) in [6.07, 6.45) is 2.57. The zero-order chi connectivity index (χ0) is 12.4. The van der Waals surface area contributed by atoms with Crippen molar-refractivity contribution in [1.82, 2.24) is 10.3 Å². The third-order valence-electron chi connectivity index (χ3n) is 3.60. The van der Waals surface area contributed by atoms with Gasteiger partial charge in [-0.1, -0.05) is 23.5 Å². The van der Waals surface area contributed by atoms with Gasteiger partial charge in [-0.25, -0.2) is 4.98 Å². The Kier molecular flexibility index (Phi) is 7.43. The highest BCUT2D eigenvalue weighted by Crippen LogP contribution is 2.28. The molecule has 1 saturated heterocycles. The van der Waals surface area contributed by atoms with Gasteiger partial charge in [0.25, 0.3) is 0 Å². The molecule has 0 saturated carbocycles. The number of aromatic nitrogens is 1. The first-order valence-electron chi connectivity index (χ1n) is 6.60. The Labute approximate surface area is 145 Å². The Balaban J connectivity index is 0.000001000. The number of hydrogen-bond acceptors (Lipinski definition) is 4. The second kappa shape index (κ2) is 8.32. The van der Waals surface area contributed by atoms with Crippen molar-refractivity contribution >= 4 is 60.6 Å². The molecule has 1 aromatic carbocycles. The fraction of sp³-hybridized carbons (Fsp3) is 0.500. The molecule has 0 spiro atoms. The van der Waals surface area contributed by atoms with Crippen LogP contribution in [0.2, 0.25) is 0 Å². The Bertz CT molecular complexity index is 493. The standard InChI is InChI=1S/C14H19N3S.2BrH/c1-17(10-11-6-8-15-9-7-11)14-16-12-4-2-3-5-13(12)18-14;;/h2-5,11,15H,6-10H2,1H3;2*1H. The Morgan fingerprint density at radius 1 is 1.25 bits per heavy atom. The van der Waals surface area contributed by atoms with Crippen LogP contribution in [-0.4, -0.2) is 31.7 Å². The summed E-state index contributed by atoms with van der Waals surface area (Å²) in [7, 11) is 2.17. The van der Waals surface area contributed by atoms with Gasteiger partial charge in [-0.15, -0.1) is 34.0 Å². The number of para-hydroxylation sites is 1. The molecule has 1 N–H and O–H groups in total. The quantitative estimate of drug-likeness (QED) is 0.813. The molecule has 0 unspecified atom stereocenters. The van der Waals surface area contributed by atoms with Crippen molar-refractivity contribution in [3.8, 4) is 0 Å². The maximum atomic E-state index is 4.71. The minimum Gasteiger partial charge on any atom is -0.351 e. The van der Waals surface area contributed by atoms with E-state index in [1.165, 1.54) is 30.6 Å². The van der Waals surface area contributed by atoms with Crippen molar-refractivity contribution in [2.45, 2.75) is 12.8 Å². The van der Waals surface area contributed by atoms with Gasteiger partial charge < -0.3 is 10.2 Å². The van der Waals surface area contributed by atoms with E-state index >= 15 is 0 Å². The van der Waals surface area contributed by atoms with Crippen LogP contribution in [0.5, 0.6) is 0 Å². The van der Waals surface area contributed by atoms with Crippen LogP contribution in [0, 0.1) is 5.92 Å². The fourth-order valence-corrected chi connectivity index (χ4v) is 3.49. The molecule has 1 aliphatic rings. The van der Waals surface area contributed by atoms with Crippen LogP contribution in [-0.2, 0) is 0 Å². The second-order valence-corrected chi connectivity index (χ2v) is 6.05. The minimum atomic E-state index is 0. The number of thiazole rings is 1. The number of halogens is 2. The lowest BCUT2D eigenvalue weighted by Gasteiger charge is -2.27. The SMILES string of the molecule is Br.Br.CN(CC1CCNCC1)c1nc2ccccc2s1. The number of rotatable bonds is 3. The van der Waals surface area contributed by atoms with E-state index in [1.807, 2.05) is 0 Å². The molecule has 0 amide bonds. The van der Waals surface area contributed by atoms with E-state index in [4.69, 9.17) is 4.98 Å². The summed E-state index contributed by atoms with van der Waals surface area (Å²) in [5.74, 6) is 0.809. The van der Waals surface area contributed by atoms with Gasteiger partial charge in [0, 0.05) is 13.6 Å². The molecule has 0 atom stereocenters. The molecule has 1 aromatic heterocycles. The van der Waals surface area contributed by atoms with E-state index in [-0.39, 0.29) is 34.0 Å². The van der Waals surface area contributed by atoms with Crippen molar-refractivity contribution < 1.29 is 0 Å². The van der Waals surface area contributed by atoms with E-state index in [0.717, 1.165) is 23.1 Å². The number of nitrogens with zero attached hydrogens (tertiary/aromatic N) is 2. The zero-order valence-corrected chi connectivity index (χ0v) is 15.8. The molecular weight excluding hydrogens is 402 g/mol. The first-order valence-corrected chi connectivity index (χ1v) is 7.42. The highest BCUT2D eigenvalue weighted by atomic mass is 79.9. The van der Waals surface area contributed by atoms with Gasteiger partial charge in [0.15, 0.2) is 5.13 Å². The summed E-state index contributed by atoms with van der Waals surface area (Å²) >= 11 is 1.79. The summed E-state index contributed by atoms with van der Waals surface area (Å²) in [6, 6.07) is 8.37. The predicted molar refractivity (Wildman–Crippen MR) is 99.1 cm³/mol. The molecule has 1 fully saturated rings. The van der Waals surface area contributed by atoms with Gasteiger partial charge in [-0.2, -0.15) is 0 Å². The molecule has 2 heterocycles. The van der Waals surface area contributed by atoms with Crippen molar-refractivity contribution in [2.24, 2.45) is 5.92 Å². The highest BCUT2D eigenvalue weighted by molar-refractivity contribution is 8.93. The normalized spacial score (nSPS) is 15.4. The van der Waals surface area contributed by atoms with Gasteiger partial charge in [-0.05, 0) is 44.0 Å². The number of piperidine rings is 1. The Morgan fingerprint density at radius 2 is 1.95 bits per heavy atom. The molecule has 0 bridgehead atoms. The maximum absolute atomic E-state index is 4.71.